The monoisotopic (exact) mass is 398 g/mol. The highest BCUT2D eigenvalue weighted by atomic mass is 35.5. The fourth-order valence-electron chi connectivity index (χ4n) is 3.43. The summed E-state index contributed by atoms with van der Waals surface area (Å²) in [6.07, 6.45) is 0. The Hall–Kier alpha value is -2.41. The SMILES string of the molecule is O=C(NCc1ccccc1Cl)c1nn(CCN2CCOCC2)c2ccccc12. The Morgan fingerprint density at radius 2 is 1.82 bits per heavy atom. The van der Waals surface area contributed by atoms with Crippen LogP contribution >= 0.6 is 11.6 Å². The molecule has 4 rings (SSSR count). The summed E-state index contributed by atoms with van der Waals surface area (Å²) in [5, 5.41) is 9.07. The van der Waals surface area contributed by atoms with Crippen LogP contribution in [0.1, 0.15) is 16.1 Å². The Bertz CT molecular complexity index is 966. The highest BCUT2D eigenvalue weighted by Crippen LogP contribution is 2.19. The zero-order valence-electron chi connectivity index (χ0n) is 15.6. The lowest BCUT2D eigenvalue weighted by Crippen LogP contribution is -2.38. The number of carbonyl (C=O) groups excluding carboxylic acids is 1. The molecule has 2 aromatic carbocycles. The first-order valence-electron chi connectivity index (χ1n) is 9.49. The van der Waals surface area contributed by atoms with Crippen molar-refractivity contribution in [3.8, 4) is 0 Å². The lowest BCUT2D eigenvalue weighted by atomic mass is 10.2. The summed E-state index contributed by atoms with van der Waals surface area (Å²) < 4.78 is 7.33. The Kier molecular flexibility index (Phi) is 5.90. The molecule has 6 nitrogen and oxygen atoms in total. The van der Waals surface area contributed by atoms with Gasteiger partial charge in [0.25, 0.3) is 5.91 Å². The van der Waals surface area contributed by atoms with Gasteiger partial charge in [0.2, 0.25) is 0 Å². The van der Waals surface area contributed by atoms with Crippen LogP contribution in [0, 0.1) is 0 Å². The third-order valence-electron chi connectivity index (χ3n) is 5.00. The highest BCUT2D eigenvalue weighted by molar-refractivity contribution is 6.31. The number of fused-ring (bicyclic) bond motifs is 1. The van der Waals surface area contributed by atoms with Crippen LogP contribution < -0.4 is 5.32 Å². The maximum absolute atomic E-state index is 12.8. The highest BCUT2D eigenvalue weighted by Gasteiger charge is 2.18. The molecule has 2 heterocycles. The summed E-state index contributed by atoms with van der Waals surface area (Å²) in [7, 11) is 0. The van der Waals surface area contributed by atoms with Gasteiger partial charge in [-0.05, 0) is 17.7 Å². The molecule has 146 valence electrons. The number of morpholine rings is 1. The zero-order chi connectivity index (χ0) is 19.3. The number of para-hydroxylation sites is 1. The second kappa shape index (κ2) is 8.73. The van der Waals surface area contributed by atoms with E-state index in [-0.39, 0.29) is 5.91 Å². The van der Waals surface area contributed by atoms with Gasteiger partial charge in [0, 0.05) is 36.6 Å². The molecule has 1 amide bonds. The second-order valence-corrected chi connectivity index (χ2v) is 7.22. The number of rotatable bonds is 6. The smallest absolute Gasteiger partial charge is 0.272 e. The molecule has 7 heteroatoms. The van der Waals surface area contributed by atoms with Crippen molar-refractivity contribution < 1.29 is 9.53 Å². The standard InChI is InChI=1S/C21H23ClN4O2/c22-18-7-3-1-5-16(18)15-23-21(27)20-17-6-2-4-8-19(17)26(24-20)10-9-25-11-13-28-14-12-25/h1-8H,9-15H2,(H,23,27). The molecule has 0 atom stereocenters. The molecule has 0 unspecified atom stereocenters. The van der Waals surface area contributed by atoms with Crippen molar-refractivity contribution in [2.75, 3.05) is 32.8 Å². The van der Waals surface area contributed by atoms with Crippen molar-refractivity contribution >= 4 is 28.4 Å². The number of benzene rings is 2. The molecular formula is C21H23ClN4O2. The molecule has 28 heavy (non-hydrogen) atoms. The first-order chi connectivity index (χ1) is 13.7. The molecular weight excluding hydrogens is 376 g/mol. The van der Waals surface area contributed by atoms with Crippen LogP contribution in [0.4, 0.5) is 0 Å². The predicted octanol–water partition coefficient (Wildman–Crippen LogP) is 2.95. The lowest BCUT2D eigenvalue weighted by molar-refractivity contribution is 0.0361. The summed E-state index contributed by atoms with van der Waals surface area (Å²) in [4.78, 5) is 15.2. The van der Waals surface area contributed by atoms with Crippen LogP contribution in [-0.2, 0) is 17.8 Å². The second-order valence-electron chi connectivity index (χ2n) is 6.82. The van der Waals surface area contributed by atoms with Crippen molar-refractivity contribution in [2.24, 2.45) is 0 Å². The minimum Gasteiger partial charge on any atom is -0.379 e. The molecule has 1 N–H and O–H groups in total. The van der Waals surface area contributed by atoms with Crippen LogP contribution in [0.5, 0.6) is 0 Å². The largest absolute Gasteiger partial charge is 0.379 e. The summed E-state index contributed by atoms with van der Waals surface area (Å²) >= 11 is 6.18. The topological polar surface area (TPSA) is 59.4 Å². The van der Waals surface area contributed by atoms with Crippen LogP contribution in [0.3, 0.4) is 0 Å². The molecule has 1 fully saturated rings. The maximum Gasteiger partial charge on any atom is 0.272 e. The number of hydrogen-bond acceptors (Lipinski definition) is 4. The van der Waals surface area contributed by atoms with Gasteiger partial charge in [-0.25, -0.2) is 0 Å². The predicted molar refractivity (Wildman–Crippen MR) is 110 cm³/mol. The van der Waals surface area contributed by atoms with Crippen molar-refractivity contribution in [3.05, 3.63) is 64.8 Å². The fraction of sp³-hybridized carbons (Fsp3) is 0.333. The van der Waals surface area contributed by atoms with Gasteiger partial charge < -0.3 is 10.1 Å². The van der Waals surface area contributed by atoms with E-state index in [0.717, 1.165) is 55.9 Å². The van der Waals surface area contributed by atoms with E-state index in [2.05, 4.69) is 15.3 Å². The van der Waals surface area contributed by atoms with E-state index < -0.39 is 0 Å². The van der Waals surface area contributed by atoms with E-state index in [4.69, 9.17) is 16.3 Å². The molecule has 1 aliphatic rings. The van der Waals surface area contributed by atoms with Gasteiger partial charge in [-0.15, -0.1) is 0 Å². The van der Waals surface area contributed by atoms with Gasteiger partial charge in [-0.1, -0.05) is 48.0 Å². The summed E-state index contributed by atoms with van der Waals surface area (Å²) in [6.45, 7) is 5.40. The van der Waals surface area contributed by atoms with E-state index in [1.165, 1.54) is 0 Å². The number of nitrogens with zero attached hydrogens (tertiary/aromatic N) is 3. The molecule has 3 aromatic rings. The lowest BCUT2D eigenvalue weighted by Gasteiger charge is -2.26. The molecule has 1 aromatic heterocycles. The molecule has 0 saturated carbocycles. The number of amides is 1. The fourth-order valence-corrected chi connectivity index (χ4v) is 3.63. The Balaban J connectivity index is 1.50. The molecule has 1 saturated heterocycles. The van der Waals surface area contributed by atoms with Crippen molar-refractivity contribution in [1.82, 2.24) is 20.0 Å². The minimum atomic E-state index is -0.193. The number of nitrogens with one attached hydrogen (secondary N) is 1. The minimum absolute atomic E-state index is 0.193. The van der Waals surface area contributed by atoms with Gasteiger partial charge in [0.15, 0.2) is 5.69 Å². The van der Waals surface area contributed by atoms with Crippen LogP contribution in [-0.4, -0.2) is 53.4 Å². The van der Waals surface area contributed by atoms with Gasteiger partial charge in [-0.3, -0.25) is 14.4 Å². The van der Waals surface area contributed by atoms with Crippen LogP contribution in [0.25, 0.3) is 10.9 Å². The number of ether oxygens (including phenoxy) is 1. The number of halogens is 1. The molecule has 0 radical (unpaired) electrons. The Morgan fingerprint density at radius 1 is 1.07 bits per heavy atom. The van der Waals surface area contributed by atoms with Crippen molar-refractivity contribution in [2.45, 2.75) is 13.1 Å². The molecule has 0 aliphatic carbocycles. The first kappa shape index (κ1) is 18.9. The molecule has 0 bridgehead atoms. The normalized spacial score (nSPS) is 15.0. The zero-order valence-corrected chi connectivity index (χ0v) is 16.4. The van der Waals surface area contributed by atoms with Crippen molar-refractivity contribution in [3.63, 3.8) is 0 Å². The Morgan fingerprint density at radius 3 is 2.64 bits per heavy atom. The summed E-state index contributed by atoms with van der Waals surface area (Å²) in [6, 6.07) is 15.4. The van der Waals surface area contributed by atoms with Gasteiger partial charge in [-0.2, -0.15) is 5.10 Å². The van der Waals surface area contributed by atoms with Crippen molar-refractivity contribution in [1.29, 1.82) is 0 Å². The third-order valence-corrected chi connectivity index (χ3v) is 5.37. The average molecular weight is 399 g/mol. The van der Waals surface area contributed by atoms with Gasteiger partial charge in [0.1, 0.15) is 0 Å². The van der Waals surface area contributed by atoms with E-state index in [0.29, 0.717) is 17.3 Å². The van der Waals surface area contributed by atoms with Gasteiger partial charge >= 0.3 is 0 Å². The van der Waals surface area contributed by atoms with E-state index in [9.17, 15) is 4.79 Å². The quantitative estimate of drug-likeness (QED) is 0.693. The van der Waals surface area contributed by atoms with E-state index >= 15 is 0 Å². The number of carbonyl (C=O) groups is 1. The molecule has 0 spiro atoms. The summed E-state index contributed by atoms with van der Waals surface area (Å²) in [5.74, 6) is -0.193. The maximum atomic E-state index is 12.8. The average Bonchev–Trinajstić information content (AvgIpc) is 3.11. The number of hydrogen-bond donors (Lipinski definition) is 1. The van der Waals surface area contributed by atoms with Crippen LogP contribution in [0.2, 0.25) is 5.02 Å². The molecule has 1 aliphatic heterocycles. The van der Waals surface area contributed by atoms with E-state index in [1.807, 2.05) is 53.2 Å². The van der Waals surface area contributed by atoms with Crippen LogP contribution in [0.15, 0.2) is 48.5 Å². The summed E-state index contributed by atoms with van der Waals surface area (Å²) in [5.41, 5.74) is 2.30. The number of aromatic nitrogens is 2. The third kappa shape index (κ3) is 4.19. The van der Waals surface area contributed by atoms with E-state index in [1.54, 1.807) is 0 Å². The first-order valence-corrected chi connectivity index (χ1v) is 9.87. The Labute approximate surface area is 169 Å². The van der Waals surface area contributed by atoms with Gasteiger partial charge in [0.05, 0.1) is 25.3 Å².